The molecule has 3 unspecified atom stereocenters. The number of hydrogen-bond acceptors (Lipinski definition) is 4. The van der Waals surface area contributed by atoms with Crippen LogP contribution in [0, 0.1) is 29.6 Å². The van der Waals surface area contributed by atoms with Gasteiger partial charge in [0.15, 0.2) is 0 Å². The van der Waals surface area contributed by atoms with Crippen molar-refractivity contribution in [2.75, 3.05) is 39.3 Å². The molecule has 0 spiro atoms. The lowest BCUT2D eigenvalue weighted by Gasteiger charge is -2.37. The van der Waals surface area contributed by atoms with Crippen molar-refractivity contribution in [3.05, 3.63) is 0 Å². The van der Waals surface area contributed by atoms with Crippen molar-refractivity contribution in [1.82, 2.24) is 14.7 Å². The summed E-state index contributed by atoms with van der Waals surface area (Å²) < 4.78 is 5.68. The molecule has 0 aromatic rings. The second-order valence-electron chi connectivity index (χ2n) is 13.0. The fourth-order valence-electron chi connectivity index (χ4n) is 5.10. The van der Waals surface area contributed by atoms with Crippen molar-refractivity contribution in [3.63, 3.8) is 0 Å². The first kappa shape index (κ1) is 32.4. The lowest BCUT2D eigenvalue weighted by molar-refractivity contribution is -0.129. The van der Waals surface area contributed by atoms with Gasteiger partial charge in [0.2, 0.25) is 5.91 Å². The minimum Gasteiger partial charge on any atom is -0.375 e. The summed E-state index contributed by atoms with van der Waals surface area (Å²) in [7, 11) is 0. The Morgan fingerprint density at radius 1 is 0.657 bits per heavy atom. The summed E-state index contributed by atoms with van der Waals surface area (Å²) >= 11 is 0. The Balaban J connectivity index is 0.000000263. The number of likely N-dealkylation sites (tertiary alicyclic amines) is 2. The van der Waals surface area contributed by atoms with E-state index in [-0.39, 0.29) is 0 Å². The van der Waals surface area contributed by atoms with E-state index in [4.69, 9.17) is 4.74 Å². The van der Waals surface area contributed by atoms with Crippen LogP contribution in [0.25, 0.3) is 0 Å². The monoisotopic (exact) mass is 495 g/mol. The predicted molar refractivity (Wildman–Crippen MR) is 151 cm³/mol. The number of carbonyl (C=O) groups is 1. The van der Waals surface area contributed by atoms with Crippen LogP contribution >= 0.6 is 0 Å². The molecule has 5 nitrogen and oxygen atoms in total. The fraction of sp³-hybridized carbons (Fsp3) is 0.967. The lowest BCUT2D eigenvalue weighted by Crippen LogP contribution is -2.47. The molecular weight excluding hydrogens is 434 g/mol. The molecule has 0 aromatic carbocycles. The summed E-state index contributed by atoms with van der Waals surface area (Å²) in [5, 5.41) is 0. The third-order valence-corrected chi connectivity index (χ3v) is 8.28. The summed E-state index contributed by atoms with van der Waals surface area (Å²) in [4.78, 5) is 18.5. The molecule has 3 atom stereocenters. The van der Waals surface area contributed by atoms with Gasteiger partial charge in [0.25, 0.3) is 0 Å². The second kappa shape index (κ2) is 15.6. The standard InChI is InChI=1S/C10H19NO.C10H21NO.C10H21N/c1-7(2)9-5-10(12)11(6-9)8(3)4;1-8(2)10-7-11(9(3)4)5-6-12-10;1-8(2)10-5-6-11(7-10)9(3)4/h7-9H,5-6H2,1-4H3;8-10H,5-7H2,1-4H3;8-10H,5-7H2,1-4H3. The van der Waals surface area contributed by atoms with Gasteiger partial charge in [-0.1, -0.05) is 41.5 Å². The van der Waals surface area contributed by atoms with Crippen LogP contribution in [0.1, 0.15) is 95.9 Å². The van der Waals surface area contributed by atoms with E-state index in [9.17, 15) is 4.79 Å². The average Bonchev–Trinajstić information content (AvgIpc) is 3.42. The summed E-state index contributed by atoms with van der Waals surface area (Å²) in [5.41, 5.74) is 0. The van der Waals surface area contributed by atoms with Crippen LogP contribution in [-0.4, -0.2) is 84.2 Å². The quantitative estimate of drug-likeness (QED) is 0.451. The molecule has 0 saturated carbocycles. The van der Waals surface area contributed by atoms with Crippen molar-refractivity contribution < 1.29 is 9.53 Å². The molecular formula is C30H61N3O2. The van der Waals surface area contributed by atoms with E-state index >= 15 is 0 Å². The molecule has 0 aromatic heterocycles. The maximum absolute atomic E-state index is 11.5. The van der Waals surface area contributed by atoms with Crippen molar-refractivity contribution in [2.45, 2.75) is 120 Å². The van der Waals surface area contributed by atoms with Crippen molar-refractivity contribution in [3.8, 4) is 0 Å². The van der Waals surface area contributed by atoms with Gasteiger partial charge in [-0.05, 0) is 84.1 Å². The molecule has 0 bridgehead atoms. The first-order chi connectivity index (χ1) is 16.2. The summed E-state index contributed by atoms with van der Waals surface area (Å²) in [6.45, 7) is 33.5. The Morgan fingerprint density at radius 3 is 1.54 bits per heavy atom. The molecule has 3 fully saturated rings. The highest BCUT2D eigenvalue weighted by molar-refractivity contribution is 5.78. The van der Waals surface area contributed by atoms with E-state index in [0.717, 1.165) is 50.5 Å². The third-order valence-electron chi connectivity index (χ3n) is 8.28. The van der Waals surface area contributed by atoms with Crippen LogP contribution in [0.3, 0.4) is 0 Å². The highest BCUT2D eigenvalue weighted by Crippen LogP contribution is 2.26. The maximum atomic E-state index is 11.5. The SMILES string of the molecule is CC(C)C1CC(=O)N(C(C)C)C1.CC(C)C1CCN(C(C)C)C1.CC(C)C1CN(C(C)C)CCO1. The predicted octanol–water partition coefficient (Wildman–Crippen LogP) is 6.02. The molecule has 0 radical (unpaired) electrons. The number of rotatable bonds is 6. The number of hydrogen-bond donors (Lipinski definition) is 0. The number of carbonyl (C=O) groups excluding carboxylic acids is 1. The van der Waals surface area contributed by atoms with Gasteiger partial charge in [0, 0.05) is 50.7 Å². The molecule has 1 amide bonds. The minimum atomic E-state index is 0.337. The number of nitrogens with zero attached hydrogens (tertiary/aromatic N) is 3. The molecule has 3 rings (SSSR count). The number of ether oxygens (including phenoxy) is 1. The zero-order valence-corrected chi connectivity index (χ0v) is 25.5. The van der Waals surface area contributed by atoms with Gasteiger partial charge in [-0.25, -0.2) is 0 Å². The Hall–Kier alpha value is -0.650. The van der Waals surface area contributed by atoms with Crippen LogP contribution in [0.15, 0.2) is 0 Å². The average molecular weight is 496 g/mol. The van der Waals surface area contributed by atoms with E-state index in [2.05, 4.69) is 92.9 Å². The third kappa shape index (κ3) is 11.1. The van der Waals surface area contributed by atoms with Crippen LogP contribution in [0.5, 0.6) is 0 Å². The molecule has 0 aliphatic carbocycles. The molecule has 3 aliphatic rings. The molecule has 3 aliphatic heterocycles. The zero-order valence-electron chi connectivity index (χ0n) is 25.5. The molecule has 3 heterocycles. The normalized spacial score (nSPS) is 26.3. The van der Waals surface area contributed by atoms with E-state index in [1.807, 2.05) is 4.90 Å². The number of amides is 1. The second-order valence-corrected chi connectivity index (χ2v) is 13.0. The van der Waals surface area contributed by atoms with Gasteiger partial charge in [-0.15, -0.1) is 0 Å². The minimum absolute atomic E-state index is 0.337. The molecule has 0 N–H and O–H groups in total. The summed E-state index contributed by atoms with van der Waals surface area (Å²) in [6.07, 6.45) is 2.62. The Kier molecular flexibility index (Phi) is 14.4. The Labute approximate surface area is 219 Å². The van der Waals surface area contributed by atoms with Gasteiger partial charge in [-0.2, -0.15) is 0 Å². The van der Waals surface area contributed by atoms with Crippen molar-refractivity contribution >= 4 is 5.91 Å². The van der Waals surface area contributed by atoms with Crippen molar-refractivity contribution in [2.24, 2.45) is 29.6 Å². The fourth-order valence-corrected chi connectivity index (χ4v) is 5.10. The van der Waals surface area contributed by atoms with E-state index in [1.165, 1.54) is 19.5 Å². The van der Waals surface area contributed by atoms with Gasteiger partial charge in [0.05, 0.1) is 12.7 Å². The van der Waals surface area contributed by atoms with Gasteiger partial charge < -0.3 is 14.5 Å². The first-order valence-electron chi connectivity index (χ1n) is 14.6. The highest BCUT2D eigenvalue weighted by atomic mass is 16.5. The van der Waals surface area contributed by atoms with E-state index in [0.29, 0.717) is 41.8 Å². The van der Waals surface area contributed by atoms with Gasteiger partial charge >= 0.3 is 0 Å². The molecule has 3 saturated heterocycles. The molecule has 5 heteroatoms. The molecule has 35 heavy (non-hydrogen) atoms. The largest absolute Gasteiger partial charge is 0.375 e. The zero-order chi connectivity index (χ0) is 26.9. The van der Waals surface area contributed by atoms with Gasteiger partial charge in [0.1, 0.15) is 0 Å². The van der Waals surface area contributed by atoms with E-state index in [1.54, 1.807) is 0 Å². The molecule has 208 valence electrons. The smallest absolute Gasteiger partial charge is 0.223 e. The van der Waals surface area contributed by atoms with Crippen LogP contribution in [0.2, 0.25) is 0 Å². The number of morpholine rings is 1. The lowest BCUT2D eigenvalue weighted by atomic mass is 9.95. The summed E-state index contributed by atoms with van der Waals surface area (Å²) in [6, 6.07) is 1.79. The van der Waals surface area contributed by atoms with Crippen LogP contribution in [0.4, 0.5) is 0 Å². The van der Waals surface area contributed by atoms with E-state index < -0.39 is 0 Å². The maximum Gasteiger partial charge on any atom is 0.223 e. The van der Waals surface area contributed by atoms with Crippen LogP contribution < -0.4 is 0 Å². The topological polar surface area (TPSA) is 36.0 Å². The van der Waals surface area contributed by atoms with Gasteiger partial charge in [-0.3, -0.25) is 9.69 Å². The highest BCUT2D eigenvalue weighted by Gasteiger charge is 2.32. The Bertz CT molecular complexity index is 560. The van der Waals surface area contributed by atoms with Crippen molar-refractivity contribution in [1.29, 1.82) is 0 Å². The first-order valence-corrected chi connectivity index (χ1v) is 14.6. The summed E-state index contributed by atoms with van der Waals surface area (Å²) in [5.74, 6) is 4.03. The Morgan fingerprint density at radius 2 is 1.20 bits per heavy atom. The van der Waals surface area contributed by atoms with Crippen LogP contribution in [-0.2, 0) is 9.53 Å².